The lowest BCUT2D eigenvalue weighted by atomic mass is 10.0. The lowest BCUT2D eigenvalue weighted by Crippen LogP contribution is -2.07. The topological polar surface area (TPSA) is 17.1 Å². The average molecular weight is 390 g/mol. The predicted octanol–water partition coefficient (Wildman–Crippen LogP) is 5.03. The molecule has 0 atom stereocenters. The number of hydrogen-bond acceptors (Lipinski definition) is 1. The molecule has 0 saturated carbocycles. The quantitative estimate of drug-likeness (QED) is 0.658. The highest BCUT2D eigenvalue weighted by Gasteiger charge is 2.20. The van der Waals surface area contributed by atoms with Crippen LogP contribution in [0.4, 0.5) is 8.78 Å². The molecule has 2 aromatic carbocycles. The monoisotopic (exact) mass is 388 g/mol. The molecule has 0 spiro atoms. The van der Waals surface area contributed by atoms with E-state index >= 15 is 0 Å². The summed E-state index contributed by atoms with van der Waals surface area (Å²) in [7, 11) is 0. The zero-order valence-corrected chi connectivity index (χ0v) is 13.0. The lowest BCUT2D eigenvalue weighted by molar-refractivity contribution is 0.103. The van der Waals surface area contributed by atoms with Gasteiger partial charge in [-0.15, -0.1) is 0 Å². The van der Waals surface area contributed by atoms with Crippen LogP contribution in [-0.4, -0.2) is 5.78 Å². The average Bonchev–Trinajstić information content (AvgIpc) is 2.38. The van der Waals surface area contributed by atoms with E-state index in [9.17, 15) is 13.6 Å². The SMILES string of the molecule is Cc1ccc(C(=O)c2cc(Br)ccc2Br)c(F)c1F. The Labute approximate surface area is 125 Å². The van der Waals surface area contributed by atoms with E-state index in [0.29, 0.717) is 8.95 Å². The summed E-state index contributed by atoms with van der Waals surface area (Å²) in [5, 5.41) is 0. The van der Waals surface area contributed by atoms with Crippen LogP contribution in [0.25, 0.3) is 0 Å². The largest absolute Gasteiger partial charge is 0.288 e. The summed E-state index contributed by atoms with van der Waals surface area (Å²) >= 11 is 6.47. The zero-order chi connectivity index (χ0) is 14.2. The van der Waals surface area contributed by atoms with Crippen LogP contribution in [0.5, 0.6) is 0 Å². The van der Waals surface area contributed by atoms with E-state index in [1.165, 1.54) is 19.1 Å². The third kappa shape index (κ3) is 2.77. The van der Waals surface area contributed by atoms with Crippen LogP contribution in [-0.2, 0) is 0 Å². The zero-order valence-electron chi connectivity index (χ0n) is 9.81. The Morgan fingerprint density at radius 1 is 1.00 bits per heavy atom. The van der Waals surface area contributed by atoms with E-state index < -0.39 is 17.4 Å². The molecule has 0 aromatic heterocycles. The fraction of sp³-hybridized carbons (Fsp3) is 0.0714. The van der Waals surface area contributed by atoms with Gasteiger partial charge in [0.15, 0.2) is 17.4 Å². The Balaban J connectivity index is 2.56. The molecule has 0 aliphatic carbocycles. The summed E-state index contributed by atoms with van der Waals surface area (Å²) in [6.45, 7) is 1.45. The summed E-state index contributed by atoms with van der Waals surface area (Å²) < 4.78 is 28.5. The highest BCUT2D eigenvalue weighted by molar-refractivity contribution is 9.11. The van der Waals surface area contributed by atoms with Gasteiger partial charge in [0, 0.05) is 14.5 Å². The number of rotatable bonds is 2. The van der Waals surface area contributed by atoms with Crippen molar-refractivity contribution >= 4 is 37.6 Å². The van der Waals surface area contributed by atoms with E-state index in [1.807, 2.05) is 0 Å². The van der Waals surface area contributed by atoms with Crippen LogP contribution in [0.3, 0.4) is 0 Å². The van der Waals surface area contributed by atoms with Crippen LogP contribution in [0.1, 0.15) is 21.5 Å². The van der Waals surface area contributed by atoms with E-state index in [0.717, 1.165) is 0 Å². The summed E-state index contributed by atoms with van der Waals surface area (Å²) in [6.07, 6.45) is 0. The van der Waals surface area contributed by atoms with Gasteiger partial charge in [0.1, 0.15) is 0 Å². The standard InChI is InChI=1S/C14H8Br2F2O/c1-7-2-4-9(13(18)12(7)17)14(19)10-6-8(15)3-5-11(10)16/h2-6H,1H3. The maximum absolute atomic E-state index is 13.8. The molecule has 0 fully saturated rings. The summed E-state index contributed by atoms with van der Waals surface area (Å²) in [4.78, 5) is 12.2. The molecule has 0 heterocycles. The number of halogens is 4. The first-order chi connectivity index (χ1) is 8.91. The van der Waals surface area contributed by atoms with Gasteiger partial charge in [0.05, 0.1) is 5.56 Å². The van der Waals surface area contributed by atoms with Gasteiger partial charge in [0.25, 0.3) is 0 Å². The molecule has 0 aliphatic rings. The molecule has 2 aromatic rings. The van der Waals surface area contributed by atoms with Gasteiger partial charge in [-0.1, -0.05) is 37.9 Å². The van der Waals surface area contributed by atoms with Crippen molar-refractivity contribution in [2.24, 2.45) is 0 Å². The fourth-order valence-electron chi connectivity index (χ4n) is 1.64. The van der Waals surface area contributed by atoms with Crippen molar-refractivity contribution < 1.29 is 13.6 Å². The van der Waals surface area contributed by atoms with E-state index in [2.05, 4.69) is 31.9 Å². The van der Waals surface area contributed by atoms with Gasteiger partial charge in [0.2, 0.25) is 0 Å². The summed E-state index contributed by atoms with van der Waals surface area (Å²) in [6, 6.07) is 7.65. The number of aryl methyl sites for hydroxylation is 1. The first kappa shape index (κ1) is 14.3. The molecule has 19 heavy (non-hydrogen) atoms. The highest BCUT2D eigenvalue weighted by Crippen LogP contribution is 2.26. The molecule has 0 radical (unpaired) electrons. The molecule has 1 nitrogen and oxygen atoms in total. The number of ketones is 1. The molecule has 5 heteroatoms. The van der Waals surface area contributed by atoms with Crippen molar-refractivity contribution in [3.63, 3.8) is 0 Å². The normalized spacial score (nSPS) is 10.6. The van der Waals surface area contributed by atoms with Crippen LogP contribution in [0.15, 0.2) is 39.3 Å². The number of carbonyl (C=O) groups excluding carboxylic acids is 1. The molecular formula is C14H8Br2F2O. The molecule has 0 aliphatic heterocycles. The van der Waals surface area contributed by atoms with Crippen molar-refractivity contribution in [2.45, 2.75) is 6.92 Å². The molecule has 98 valence electrons. The molecule has 2 rings (SSSR count). The van der Waals surface area contributed by atoms with Gasteiger partial charge < -0.3 is 0 Å². The van der Waals surface area contributed by atoms with Crippen molar-refractivity contribution in [3.8, 4) is 0 Å². The van der Waals surface area contributed by atoms with E-state index in [-0.39, 0.29) is 16.7 Å². The van der Waals surface area contributed by atoms with Gasteiger partial charge >= 0.3 is 0 Å². The number of carbonyl (C=O) groups is 1. The maximum Gasteiger partial charge on any atom is 0.197 e. The molecular weight excluding hydrogens is 382 g/mol. The molecule has 0 N–H and O–H groups in total. The minimum Gasteiger partial charge on any atom is -0.288 e. The first-order valence-electron chi connectivity index (χ1n) is 5.36. The Kier molecular flexibility index (Phi) is 4.16. The maximum atomic E-state index is 13.8. The fourth-order valence-corrected chi connectivity index (χ4v) is 2.43. The van der Waals surface area contributed by atoms with Crippen LogP contribution < -0.4 is 0 Å². The number of hydrogen-bond donors (Lipinski definition) is 0. The van der Waals surface area contributed by atoms with Gasteiger partial charge in [-0.2, -0.15) is 0 Å². The number of benzene rings is 2. The Hall–Kier alpha value is -1.07. The van der Waals surface area contributed by atoms with Gasteiger partial charge in [-0.25, -0.2) is 8.78 Å². The Bertz CT molecular complexity index is 669. The third-order valence-electron chi connectivity index (χ3n) is 2.69. The second kappa shape index (κ2) is 5.51. The van der Waals surface area contributed by atoms with Crippen LogP contribution in [0.2, 0.25) is 0 Å². The van der Waals surface area contributed by atoms with Crippen molar-refractivity contribution in [1.82, 2.24) is 0 Å². The van der Waals surface area contributed by atoms with Crippen LogP contribution in [0, 0.1) is 18.6 Å². The Morgan fingerprint density at radius 3 is 2.37 bits per heavy atom. The molecule has 0 unspecified atom stereocenters. The van der Waals surface area contributed by atoms with Crippen molar-refractivity contribution in [1.29, 1.82) is 0 Å². The minimum atomic E-state index is -1.11. The predicted molar refractivity (Wildman–Crippen MR) is 76.4 cm³/mol. The van der Waals surface area contributed by atoms with Gasteiger partial charge in [-0.3, -0.25) is 4.79 Å². The van der Waals surface area contributed by atoms with E-state index in [1.54, 1.807) is 18.2 Å². The summed E-state index contributed by atoms with van der Waals surface area (Å²) in [5.74, 6) is -2.67. The van der Waals surface area contributed by atoms with Crippen molar-refractivity contribution in [3.05, 3.63) is 67.6 Å². The molecule has 0 amide bonds. The van der Waals surface area contributed by atoms with Gasteiger partial charge in [-0.05, 0) is 36.8 Å². The second-order valence-corrected chi connectivity index (χ2v) is 5.78. The van der Waals surface area contributed by atoms with Crippen LogP contribution >= 0.6 is 31.9 Å². The van der Waals surface area contributed by atoms with Crippen molar-refractivity contribution in [2.75, 3.05) is 0 Å². The minimum absolute atomic E-state index is 0.169. The molecule has 0 saturated heterocycles. The smallest absolute Gasteiger partial charge is 0.197 e. The molecule has 0 bridgehead atoms. The first-order valence-corrected chi connectivity index (χ1v) is 6.94. The van der Waals surface area contributed by atoms with E-state index in [4.69, 9.17) is 0 Å². The lowest BCUT2D eigenvalue weighted by Gasteiger charge is -2.07. The summed E-state index contributed by atoms with van der Waals surface area (Å²) in [5.41, 5.74) is 0.167. The highest BCUT2D eigenvalue weighted by atomic mass is 79.9. The third-order valence-corrected chi connectivity index (χ3v) is 3.88. The second-order valence-electron chi connectivity index (χ2n) is 4.01. The Morgan fingerprint density at radius 2 is 1.68 bits per heavy atom.